The zero-order chi connectivity index (χ0) is 12.6. The smallest absolute Gasteiger partial charge is 0.247 e. The Hall–Kier alpha value is -1.39. The Balaban J connectivity index is 2.53. The first-order valence-corrected chi connectivity index (χ1v) is 5.90. The van der Waals surface area contributed by atoms with Crippen LogP contribution in [-0.2, 0) is 0 Å². The molecule has 0 amide bonds. The highest BCUT2D eigenvalue weighted by Crippen LogP contribution is 2.29. The van der Waals surface area contributed by atoms with Crippen LogP contribution in [0, 0.1) is 5.21 Å². The quantitative estimate of drug-likeness (QED) is 0.630. The number of hydrogen-bond acceptors (Lipinski definition) is 3. The van der Waals surface area contributed by atoms with Gasteiger partial charge in [-0.2, -0.15) is 4.74 Å². The lowest BCUT2D eigenvalue weighted by Gasteiger charge is -2.27. The summed E-state index contributed by atoms with van der Waals surface area (Å²) in [5.74, 6) is 0. The van der Waals surface area contributed by atoms with Crippen LogP contribution in [0.3, 0.4) is 0 Å². The fourth-order valence-electron chi connectivity index (χ4n) is 2.33. The van der Waals surface area contributed by atoms with Gasteiger partial charge in [0.2, 0.25) is 11.4 Å². The van der Waals surface area contributed by atoms with Gasteiger partial charge >= 0.3 is 0 Å². The number of hydroxylamine groups is 3. The summed E-state index contributed by atoms with van der Waals surface area (Å²) in [4.78, 5) is 0. The summed E-state index contributed by atoms with van der Waals surface area (Å²) in [6.07, 6.45) is 0.563. The second kappa shape index (κ2) is 4.13. The number of nitrogens with zero attached hydrogens (tertiary/aromatic N) is 2. The van der Waals surface area contributed by atoms with Gasteiger partial charge in [0.25, 0.3) is 0 Å². The van der Waals surface area contributed by atoms with E-state index < -0.39 is 5.66 Å². The van der Waals surface area contributed by atoms with Crippen LogP contribution in [-0.4, -0.2) is 32.4 Å². The van der Waals surface area contributed by atoms with E-state index in [0.717, 1.165) is 15.4 Å². The molecule has 4 heteroatoms. The molecule has 1 aromatic carbocycles. The Morgan fingerprint density at radius 2 is 2.00 bits per heavy atom. The molecule has 0 bridgehead atoms. The molecule has 17 heavy (non-hydrogen) atoms. The van der Waals surface area contributed by atoms with Crippen LogP contribution >= 0.6 is 0 Å². The van der Waals surface area contributed by atoms with E-state index in [1.165, 1.54) is 0 Å². The molecule has 0 saturated carbocycles. The topological polar surface area (TPSA) is 49.5 Å². The molecule has 2 atom stereocenters. The zero-order valence-electron chi connectivity index (χ0n) is 10.4. The van der Waals surface area contributed by atoms with Crippen LogP contribution in [0.15, 0.2) is 30.3 Å². The summed E-state index contributed by atoms with van der Waals surface area (Å²) in [5, 5.41) is 23.6. The SMILES string of the molecule is CC[C@@]1(C)N(O)[C@@H](C)C(c2ccccc2)=[N+]1[O-]. The van der Waals surface area contributed by atoms with Gasteiger partial charge in [-0.05, 0) is 19.1 Å². The van der Waals surface area contributed by atoms with Crippen molar-refractivity contribution in [3.63, 3.8) is 0 Å². The third-order valence-corrected chi connectivity index (χ3v) is 3.65. The van der Waals surface area contributed by atoms with E-state index in [1.54, 1.807) is 6.92 Å². The van der Waals surface area contributed by atoms with Crippen LogP contribution < -0.4 is 0 Å². The highest BCUT2D eigenvalue weighted by molar-refractivity contribution is 6.01. The van der Waals surface area contributed by atoms with E-state index in [-0.39, 0.29) is 6.04 Å². The predicted octanol–water partition coefficient (Wildman–Crippen LogP) is 2.21. The fourth-order valence-corrected chi connectivity index (χ4v) is 2.33. The van der Waals surface area contributed by atoms with Crippen molar-refractivity contribution in [3.8, 4) is 0 Å². The second-order valence-electron chi connectivity index (χ2n) is 4.64. The lowest BCUT2D eigenvalue weighted by atomic mass is 10.1. The number of rotatable bonds is 2. The molecule has 1 aliphatic rings. The van der Waals surface area contributed by atoms with E-state index in [4.69, 9.17) is 0 Å². The standard InChI is InChI=1S/C13H18N2O2/c1-4-13(3)14(16)10(2)12(15(13)17)11-8-6-5-7-9-11/h5-10,16H,4H2,1-3H3/t10-,13-/m0/s1. The van der Waals surface area contributed by atoms with Gasteiger partial charge in [0.1, 0.15) is 6.04 Å². The summed E-state index contributed by atoms with van der Waals surface area (Å²) in [6, 6.07) is 9.20. The van der Waals surface area contributed by atoms with Crippen molar-refractivity contribution in [2.75, 3.05) is 0 Å². The number of hydrogen-bond donors (Lipinski definition) is 1. The third-order valence-electron chi connectivity index (χ3n) is 3.65. The van der Waals surface area contributed by atoms with Gasteiger partial charge in [-0.3, -0.25) is 0 Å². The van der Waals surface area contributed by atoms with Crippen LogP contribution in [0.25, 0.3) is 0 Å². The van der Waals surface area contributed by atoms with E-state index in [1.807, 2.05) is 44.2 Å². The summed E-state index contributed by atoms with van der Waals surface area (Å²) in [7, 11) is 0. The molecular weight excluding hydrogens is 216 g/mol. The van der Waals surface area contributed by atoms with Gasteiger partial charge < -0.3 is 10.4 Å². The van der Waals surface area contributed by atoms with Crippen molar-refractivity contribution < 1.29 is 9.95 Å². The Bertz CT molecular complexity index is 444. The van der Waals surface area contributed by atoms with Gasteiger partial charge in [0.15, 0.2) is 0 Å². The van der Waals surface area contributed by atoms with Gasteiger partial charge in [0, 0.05) is 18.9 Å². The van der Waals surface area contributed by atoms with Gasteiger partial charge in [0.05, 0.1) is 0 Å². The Kier molecular flexibility index (Phi) is 2.93. The average molecular weight is 234 g/mol. The minimum atomic E-state index is -0.870. The van der Waals surface area contributed by atoms with E-state index >= 15 is 0 Å². The highest BCUT2D eigenvalue weighted by atomic mass is 16.6. The minimum Gasteiger partial charge on any atom is -0.622 e. The highest BCUT2D eigenvalue weighted by Gasteiger charge is 2.51. The molecule has 0 fully saturated rings. The van der Waals surface area contributed by atoms with Crippen molar-refractivity contribution >= 4 is 5.71 Å². The lowest BCUT2D eigenvalue weighted by molar-refractivity contribution is -0.585. The normalized spacial score (nSPS) is 30.0. The second-order valence-corrected chi connectivity index (χ2v) is 4.64. The molecule has 1 heterocycles. The molecule has 1 aromatic rings. The molecule has 0 unspecified atom stereocenters. The Morgan fingerprint density at radius 1 is 1.41 bits per heavy atom. The van der Waals surface area contributed by atoms with E-state index in [9.17, 15) is 10.4 Å². The third kappa shape index (κ3) is 1.64. The average Bonchev–Trinajstić information content (AvgIpc) is 2.53. The molecule has 2 rings (SSSR count). The van der Waals surface area contributed by atoms with Gasteiger partial charge in [-0.1, -0.05) is 25.1 Å². The van der Waals surface area contributed by atoms with Crippen molar-refractivity contribution in [2.45, 2.75) is 38.9 Å². The predicted molar refractivity (Wildman–Crippen MR) is 66.0 cm³/mol. The maximum Gasteiger partial charge on any atom is 0.247 e. The molecule has 92 valence electrons. The monoisotopic (exact) mass is 234 g/mol. The first-order chi connectivity index (χ1) is 8.02. The minimum absolute atomic E-state index is 0.292. The van der Waals surface area contributed by atoms with Crippen LogP contribution in [0.1, 0.15) is 32.8 Å². The summed E-state index contributed by atoms with van der Waals surface area (Å²) < 4.78 is 0.938. The summed E-state index contributed by atoms with van der Waals surface area (Å²) >= 11 is 0. The molecule has 0 aromatic heterocycles. The molecule has 0 aliphatic carbocycles. The molecule has 0 spiro atoms. The van der Waals surface area contributed by atoms with Crippen molar-refractivity contribution in [3.05, 3.63) is 41.1 Å². The van der Waals surface area contributed by atoms with E-state index in [0.29, 0.717) is 12.1 Å². The Morgan fingerprint density at radius 3 is 2.47 bits per heavy atom. The number of benzene rings is 1. The fraction of sp³-hybridized carbons (Fsp3) is 0.462. The lowest BCUT2D eigenvalue weighted by Crippen LogP contribution is -2.47. The molecule has 4 nitrogen and oxygen atoms in total. The van der Waals surface area contributed by atoms with Crippen molar-refractivity contribution in [1.82, 2.24) is 5.06 Å². The van der Waals surface area contributed by atoms with Crippen LogP contribution in [0.4, 0.5) is 0 Å². The van der Waals surface area contributed by atoms with Gasteiger partial charge in [-0.15, -0.1) is 5.06 Å². The molecule has 1 aliphatic heterocycles. The van der Waals surface area contributed by atoms with Crippen molar-refractivity contribution in [2.24, 2.45) is 0 Å². The Labute approximate surface area is 101 Å². The first-order valence-electron chi connectivity index (χ1n) is 5.90. The summed E-state index contributed by atoms with van der Waals surface area (Å²) in [5.41, 5.74) is 0.619. The van der Waals surface area contributed by atoms with E-state index in [2.05, 4.69) is 0 Å². The maximum absolute atomic E-state index is 12.4. The molecular formula is C13H18N2O2. The molecule has 0 radical (unpaired) electrons. The molecule has 1 N–H and O–H groups in total. The first kappa shape index (κ1) is 12.1. The summed E-state index contributed by atoms with van der Waals surface area (Å²) in [6.45, 7) is 5.50. The van der Waals surface area contributed by atoms with Gasteiger partial charge in [-0.25, -0.2) is 0 Å². The molecule has 0 saturated heterocycles. The largest absolute Gasteiger partial charge is 0.622 e. The maximum atomic E-state index is 12.4. The zero-order valence-corrected chi connectivity index (χ0v) is 10.4. The van der Waals surface area contributed by atoms with Crippen LogP contribution in [0.2, 0.25) is 0 Å². The van der Waals surface area contributed by atoms with Crippen molar-refractivity contribution in [1.29, 1.82) is 0 Å². The van der Waals surface area contributed by atoms with Crippen LogP contribution in [0.5, 0.6) is 0 Å².